The second kappa shape index (κ2) is 7.79. The average molecular weight is 407 g/mol. The number of pyridine rings is 1. The van der Waals surface area contributed by atoms with Crippen molar-refractivity contribution in [2.45, 2.75) is 18.0 Å². The van der Waals surface area contributed by atoms with Gasteiger partial charge in [0.15, 0.2) is 22.5 Å². The summed E-state index contributed by atoms with van der Waals surface area (Å²) in [6.07, 6.45) is 5.64. The van der Waals surface area contributed by atoms with Gasteiger partial charge in [0, 0.05) is 29.8 Å². The first kappa shape index (κ1) is 12.8. The van der Waals surface area contributed by atoms with Crippen LogP contribution in [0.5, 0.6) is 11.5 Å². The van der Waals surface area contributed by atoms with E-state index in [2.05, 4.69) is 20.3 Å². The van der Waals surface area contributed by atoms with Crippen molar-refractivity contribution in [2.75, 3.05) is 32.2 Å². The Balaban J connectivity index is 1.87. The van der Waals surface area contributed by atoms with Gasteiger partial charge < -0.3 is 14.8 Å². The lowest BCUT2D eigenvalue weighted by molar-refractivity contribution is 0.375. The largest absolute Gasteiger partial charge is 0.497 e. The van der Waals surface area contributed by atoms with Crippen LogP contribution >= 0.6 is 11.8 Å². The summed E-state index contributed by atoms with van der Waals surface area (Å²) in [6.45, 7) is 0.669. The number of rotatable bonds is 7. The van der Waals surface area contributed by atoms with E-state index in [1.54, 1.807) is 12.3 Å². The Hall–Kier alpha value is -2.61. The summed E-state index contributed by atoms with van der Waals surface area (Å²) in [5.74, 6) is -1.05. The predicted molar refractivity (Wildman–Crippen MR) is 109 cm³/mol. The van der Waals surface area contributed by atoms with E-state index in [1.165, 1.54) is 11.8 Å². The van der Waals surface area contributed by atoms with Gasteiger partial charge in [0.1, 0.15) is 11.3 Å². The van der Waals surface area contributed by atoms with Crippen molar-refractivity contribution in [3.05, 3.63) is 30.2 Å². The molecule has 0 atom stereocenters. The SMILES string of the molecule is [2H]C([2H])([2H])Oc1cc(OC([2H])([2H])[2H])c(F)c(-c2cc3cnc(SC)nc3c(NCC3CC3)n2)c1. The molecular formula is C20H21FN4O2S. The molecule has 1 N–H and O–H groups in total. The third-order valence-corrected chi connectivity index (χ3v) is 5.06. The van der Waals surface area contributed by atoms with Gasteiger partial charge in [-0.2, -0.15) is 0 Å². The van der Waals surface area contributed by atoms with Crippen LogP contribution in [-0.4, -0.2) is 41.8 Å². The molecule has 0 spiro atoms. The van der Waals surface area contributed by atoms with E-state index >= 15 is 4.39 Å². The Morgan fingerprint density at radius 3 is 2.86 bits per heavy atom. The molecule has 146 valence electrons. The molecule has 0 bridgehead atoms. The number of hydrogen-bond donors (Lipinski definition) is 1. The zero-order valence-corrected chi connectivity index (χ0v) is 15.8. The minimum atomic E-state index is -2.97. The summed E-state index contributed by atoms with van der Waals surface area (Å²) >= 11 is 1.37. The van der Waals surface area contributed by atoms with Crippen molar-refractivity contribution in [1.82, 2.24) is 15.0 Å². The smallest absolute Gasteiger partial charge is 0.187 e. The highest BCUT2D eigenvalue weighted by molar-refractivity contribution is 7.98. The molecule has 6 nitrogen and oxygen atoms in total. The molecule has 0 radical (unpaired) electrons. The monoisotopic (exact) mass is 406 g/mol. The fourth-order valence-corrected chi connectivity index (χ4v) is 3.18. The van der Waals surface area contributed by atoms with Crippen LogP contribution < -0.4 is 14.8 Å². The van der Waals surface area contributed by atoms with Crippen LogP contribution in [0.3, 0.4) is 0 Å². The Kier molecular flexibility index (Phi) is 3.55. The lowest BCUT2D eigenvalue weighted by Crippen LogP contribution is -2.07. The second-order valence-electron chi connectivity index (χ2n) is 6.46. The summed E-state index contributed by atoms with van der Waals surface area (Å²) in [7, 11) is -5.81. The van der Waals surface area contributed by atoms with E-state index < -0.39 is 25.6 Å². The number of anilines is 1. The maximum atomic E-state index is 15.4. The third-order valence-electron chi connectivity index (χ3n) is 4.50. The molecule has 8 heteroatoms. The number of hydrogen-bond acceptors (Lipinski definition) is 7. The van der Waals surface area contributed by atoms with Crippen molar-refractivity contribution < 1.29 is 22.1 Å². The molecule has 1 fully saturated rings. The number of fused-ring (bicyclic) bond motifs is 1. The van der Waals surface area contributed by atoms with Gasteiger partial charge in [-0.15, -0.1) is 0 Å². The first-order valence-electron chi connectivity index (χ1n) is 11.6. The fourth-order valence-electron chi connectivity index (χ4n) is 2.84. The molecule has 28 heavy (non-hydrogen) atoms. The number of halogens is 1. The van der Waals surface area contributed by atoms with E-state index in [0.717, 1.165) is 25.0 Å². The van der Waals surface area contributed by atoms with Crippen LogP contribution in [0.4, 0.5) is 10.2 Å². The molecule has 4 rings (SSSR count). The zero-order chi connectivity index (χ0) is 24.7. The summed E-state index contributed by atoms with van der Waals surface area (Å²) in [4.78, 5) is 13.3. The molecule has 0 unspecified atom stereocenters. The van der Waals surface area contributed by atoms with Crippen LogP contribution in [0.1, 0.15) is 21.1 Å². The minimum Gasteiger partial charge on any atom is -0.497 e. The number of methoxy groups -OCH3 is 2. The average Bonchev–Trinajstić information content (AvgIpc) is 3.56. The Labute approximate surface area is 175 Å². The molecule has 0 saturated heterocycles. The van der Waals surface area contributed by atoms with Gasteiger partial charge in [0.2, 0.25) is 0 Å². The van der Waals surface area contributed by atoms with Crippen molar-refractivity contribution in [2.24, 2.45) is 5.92 Å². The van der Waals surface area contributed by atoms with Crippen molar-refractivity contribution >= 4 is 28.5 Å². The number of benzene rings is 1. The van der Waals surface area contributed by atoms with Crippen molar-refractivity contribution in [1.29, 1.82) is 0 Å². The zero-order valence-electron chi connectivity index (χ0n) is 21.0. The molecule has 1 aliphatic rings. The van der Waals surface area contributed by atoms with Crippen molar-refractivity contribution in [3.8, 4) is 22.8 Å². The summed E-state index contributed by atoms with van der Waals surface area (Å²) in [6, 6.07) is 3.57. The molecular weight excluding hydrogens is 379 g/mol. The van der Waals surface area contributed by atoms with Gasteiger partial charge in [0.05, 0.1) is 28.0 Å². The first-order chi connectivity index (χ1) is 15.9. The quantitative estimate of drug-likeness (QED) is 0.461. The van der Waals surface area contributed by atoms with Gasteiger partial charge in [-0.1, -0.05) is 11.8 Å². The molecule has 1 aliphatic carbocycles. The Morgan fingerprint density at radius 1 is 1.25 bits per heavy atom. The van der Waals surface area contributed by atoms with Gasteiger partial charge in [0.25, 0.3) is 0 Å². The molecule has 1 aromatic carbocycles. The highest BCUT2D eigenvalue weighted by atomic mass is 32.2. The maximum Gasteiger partial charge on any atom is 0.187 e. The Morgan fingerprint density at radius 2 is 2.11 bits per heavy atom. The number of nitrogens with one attached hydrogen (secondary N) is 1. The molecule has 1 saturated carbocycles. The van der Waals surface area contributed by atoms with E-state index in [4.69, 9.17) is 17.7 Å². The van der Waals surface area contributed by atoms with Gasteiger partial charge in [-0.05, 0) is 37.1 Å². The third kappa shape index (κ3) is 3.69. The van der Waals surface area contributed by atoms with Gasteiger partial charge >= 0.3 is 0 Å². The molecule has 0 amide bonds. The lowest BCUT2D eigenvalue weighted by atomic mass is 10.1. The van der Waals surface area contributed by atoms with Crippen LogP contribution in [0.25, 0.3) is 22.2 Å². The van der Waals surface area contributed by atoms with E-state index in [0.29, 0.717) is 34.3 Å². The molecule has 2 aromatic heterocycles. The topological polar surface area (TPSA) is 69.2 Å². The van der Waals surface area contributed by atoms with Crippen LogP contribution in [0, 0.1) is 11.7 Å². The van der Waals surface area contributed by atoms with Crippen molar-refractivity contribution in [3.63, 3.8) is 0 Å². The number of aromatic nitrogens is 3. The highest BCUT2D eigenvalue weighted by Crippen LogP contribution is 2.36. The fraction of sp³-hybridized carbons (Fsp3) is 0.350. The van der Waals surface area contributed by atoms with Crippen LogP contribution in [0.15, 0.2) is 29.6 Å². The maximum absolute atomic E-state index is 15.4. The number of nitrogens with zero attached hydrogens (tertiary/aromatic N) is 3. The molecule has 2 heterocycles. The summed E-state index contributed by atoms with van der Waals surface area (Å²) in [5, 5.41) is 4.38. The first-order valence-corrected chi connectivity index (χ1v) is 9.82. The Bertz CT molecular complexity index is 1220. The normalized spacial score (nSPS) is 17.6. The second-order valence-corrected chi connectivity index (χ2v) is 7.24. The summed E-state index contributed by atoms with van der Waals surface area (Å²) in [5.41, 5.74) is 0.472. The van der Waals surface area contributed by atoms with Gasteiger partial charge in [-0.3, -0.25) is 0 Å². The summed E-state index contributed by atoms with van der Waals surface area (Å²) < 4.78 is 69.1. The standard InChI is InChI=1S/C20H21FN4O2S/c1-26-13-7-14(17(21)16(8-13)27-2)15-6-12-10-23-20(28-3)25-18(12)19(24-15)22-9-11-4-5-11/h6-8,10-11H,4-5,9H2,1-3H3,(H,22,24)/i1D3,2D3. The van der Waals surface area contributed by atoms with Gasteiger partial charge in [-0.25, -0.2) is 19.3 Å². The van der Waals surface area contributed by atoms with Crippen LogP contribution in [0.2, 0.25) is 0 Å². The lowest BCUT2D eigenvalue weighted by Gasteiger charge is -2.14. The number of ether oxygens (including phenoxy) is 2. The van der Waals surface area contributed by atoms with E-state index in [1.807, 2.05) is 6.26 Å². The predicted octanol–water partition coefficient (Wildman–Crippen LogP) is 4.39. The number of thioether (sulfide) groups is 1. The van der Waals surface area contributed by atoms with E-state index in [9.17, 15) is 0 Å². The molecule has 3 aromatic rings. The van der Waals surface area contributed by atoms with Crippen LogP contribution in [-0.2, 0) is 0 Å². The van der Waals surface area contributed by atoms with E-state index in [-0.39, 0.29) is 17.0 Å². The molecule has 0 aliphatic heterocycles. The minimum absolute atomic E-state index is 0.107. The highest BCUT2D eigenvalue weighted by Gasteiger charge is 2.22.